The first kappa shape index (κ1) is 49.2. The minimum absolute atomic E-state index is 0.0632. The van der Waals surface area contributed by atoms with Gasteiger partial charge in [0.15, 0.2) is 5.78 Å². The van der Waals surface area contributed by atoms with E-state index in [9.17, 15) is 47.9 Å². The van der Waals surface area contributed by atoms with Crippen molar-refractivity contribution in [3.8, 4) is 0 Å². The Hall–Kier alpha value is -5.79. The normalized spacial score (nSPS) is 31.0. The molecule has 9 fully saturated rings. The van der Waals surface area contributed by atoms with Crippen LogP contribution in [0.3, 0.4) is 0 Å². The minimum Gasteiger partial charge on any atom is -0.331 e. The van der Waals surface area contributed by atoms with E-state index in [0.717, 1.165) is 6.42 Å². The van der Waals surface area contributed by atoms with Crippen LogP contribution >= 0.6 is 0 Å². The quantitative estimate of drug-likeness (QED) is 0.160. The van der Waals surface area contributed by atoms with E-state index in [1.54, 1.807) is 34.3 Å². The molecule has 0 bridgehead atoms. The van der Waals surface area contributed by atoms with Gasteiger partial charge in [-0.25, -0.2) is 0 Å². The molecule has 0 unspecified atom stereocenters. The number of likely N-dealkylation sites (tertiary alicyclic amines) is 9. The van der Waals surface area contributed by atoms with E-state index in [1.165, 1.54) is 16.7 Å². The van der Waals surface area contributed by atoms with Crippen LogP contribution in [0, 0.1) is 0 Å². The highest BCUT2D eigenvalue weighted by atomic mass is 16.2. The molecule has 9 rings (SSSR count). The molecule has 9 saturated heterocycles. The molecular formula is C48H68N12O10. The van der Waals surface area contributed by atoms with Gasteiger partial charge in [-0.1, -0.05) is 5.11 Å². The van der Waals surface area contributed by atoms with Gasteiger partial charge in [0.1, 0.15) is 54.9 Å². The monoisotopic (exact) mass is 973 g/mol. The SMILES string of the molecule is CC(=O)[C@@H]1CCCN1C(=O)[C@@H]1CCCN1C(=O)[C@@H]1CCCN1C(=O)[C@@H]1CCCN1C(=O)[C@@H]1CCCN1C(=O)[C@@H]1CCCN1C(=O)[C@@H]1CCCN1C(=O)[C@@H]1CCCN1C(=O)[C@@H]1CCCN1C(=O)CN=[N+]=[N-]. The molecule has 0 aromatic heterocycles. The molecule has 70 heavy (non-hydrogen) atoms. The van der Waals surface area contributed by atoms with Gasteiger partial charge in [0.25, 0.3) is 0 Å². The number of hydrogen-bond donors (Lipinski definition) is 0. The zero-order valence-corrected chi connectivity index (χ0v) is 40.4. The molecule has 380 valence electrons. The standard InChI is InChI=1S/C48H68N12O10/c1-30(61)31-11-2-21-53(31)42(64)33-13-4-23-55(33)44(66)35-15-6-25-57(35)46(68)37-17-8-27-59(37)48(70)39-19-10-28-60(39)47(69)38-18-9-26-58(38)45(67)36-16-7-24-56(36)43(65)34-14-5-22-54(34)41(63)32-12-3-20-52(32)40(62)29-50-51-49/h31-39H,2-29H2,1H3/t31-,32-,33-,34-,35-,36-,37-,38-,39-/m0/s1. The van der Waals surface area contributed by atoms with Gasteiger partial charge in [-0.15, -0.1) is 0 Å². The van der Waals surface area contributed by atoms with Crippen LogP contribution in [0.5, 0.6) is 0 Å². The Morgan fingerprint density at radius 2 is 0.529 bits per heavy atom. The number of amides is 9. The highest BCUT2D eigenvalue weighted by Gasteiger charge is 2.52. The maximum atomic E-state index is 14.6. The van der Waals surface area contributed by atoms with Gasteiger partial charge in [-0.2, -0.15) is 0 Å². The van der Waals surface area contributed by atoms with Gasteiger partial charge in [0, 0.05) is 63.8 Å². The molecule has 0 spiro atoms. The third kappa shape index (κ3) is 9.08. The summed E-state index contributed by atoms with van der Waals surface area (Å²) in [6.45, 7) is 4.30. The number of azide groups is 1. The average Bonchev–Trinajstić information content (AvgIpc) is 4.23. The van der Waals surface area contributed by atoms with Crippen molar-refractivity contribution in [1.82, 2.24) is 44.1 Å². The largest absolute Gasteiger partial charge is 0.331 e. The van der Waals surface area contributed by atoms with E-state index in [4.69, 9.17) is 5.53 Å². The van der Waals surface area contributed by atoms with E-state index in [2.05, 4.69) is 10.0 Å². The van der Waals surface area contributed by atoms with Crippen LogP contribution in [-0.2, 0) is 47.9 Å². The Kier molecular flexibility index (Phi) is 14.7. The van der Waals surface area contributed by atoms with E-state index in [-0.39, 0.29) is 53.0 Å². The predicted octanol–water partition coefficient (Wildman–Crippen LogP) is 0.805. The Morgan fingerprint density at radius 3 is 0.743 bits per heavy atom. The van der Waals surface area contributed by atoms with E-state index >= 15 is 0 Å². The molecule has 22 heteroatoms. The summed E-state index contributed by atoms with van der Waals surface area (Å²) in [5.41, 5.74) is 8.71. The molecule has 9 aliphatic rings. The summed E-state index contributed by atoms with van der Waals surface area (Å²) < 4.78 is 0. The fourth-order valence-corrected chi connectivity index (χ4v) is 13.5. The number of Topliss-reactive ketones (excluding diaryl/α,β-unsaturated/α-hetero) is 1. The first-order chi connectivity index (χ1) is 33.8. The summed E-state index contributed by atoms with van der Waals surface area (Å²) in [5.74, 6) is -2.91. The molecule has 0 aromatic rings. The first-order valence-electron chi connectivity index (χ1n) is 26.1. The number of nitrogens with zero attached hydrogens (tertiary/aromatic N) is 12. The van der Waals surface area contributed by atoms with Crippen LogP contribution in [0.4, 0.5) is 0 Å². The van der Waals surface area contributed by atoms with Gasteiger partial charge in [0.2, 0.25) is 53.2 Å². The fraction of sp³-hybridized carbons (Fsp3) is 0.792. The highest BCUT2D eigenvalue weighted by Crippen LogP contribution is 2.35. The van der Waals surface area contributed by atoms with Gasteiger partial charge < -0.3 is 44.1 Å². The smallest absolute Gasteiger partial charge is 0.246 e. The molecule has 9 aliphatic heterocycles. The number of carbonyl (C=O) groups is 10. The second-order valence-corrected chi connectivity index (χ2v) is 20.8. The van der Waals surface area contributed by atoms with Crippen molar-refractivity contribution < 1.29 is 47.9 Å². The second-order valence-electron chi connectivity index (χ2n) is 20.8. The Labute approximate surface area is 407 Å². The maximum Gasteiger partial charge on any atom is 0.246 e. The van der Waals surface area contributed by atoms with Crippen LogP contribution in [0.25, 0.3) is 10.4 Å². The number of hydrogen-bond acceptors (Lipinski definition) is 11. The molecule has 0 radical (unpaired) electrons. The zero-order chi connectivity index (χ0) is 49.4. The molecule has 9 amide bonds. The first-order valence-corrected chi connectivity index (χ1v) is 26.1. The number of rotatable bonds is 11. The van der Waals surface area contributed by atoms with Crippen molar-refractivity contribution in [2.75, 3.05) is 65.4 Å². The number of carbonyl (C=O) groups excluding carboxylic acids is 10. The molecule has 0 saturated carbocycles. The minimum atomic E-state index is -0.827. The average molecular weight is 973 g/mol. The zero-order valence-electron chi connectivity index (χ0n) is 40.4. The van der Waals surface area contributed by atoms with Crippen molar-refractivity contribution in [1.29, 1.82) is 0 Å². The van der Waals surface area contributed by atoms with Crippen LogP contribution in [-0.4, -0.2) is 223 Å². The van der Waals surface area contributed by atoms with Gasteiger partial charge in [-0.3, -0.25) is 47.9 Å². The highest BCUT2D eigenvalue weighted by molar-refractivity contribution is 6.00. The van der Waals surface area contributed by atoms with E-state index in [0.29, 0.717) is 168 Å². The summed E-state index contributed by atoms with van der Waals surface area (Å²) in [6.07, 6.45) is 9.50. The third-order valence-corrected chi connectivity index (χ3v) is 16.9. The molecular weight excluding hydrogens is 905 g/mol. The lowest BCUT2D eigenvalue weighted by Gasteiger charge is -2.37. The summed E-state index contributed by atoms with van der Waals surface area (Å²) >= 11 is 0. The third-order valence-electron chi connectivity index (χ3n) is 16.9. The Bertz CT molecular complexity index is 2200. The summed E-state index contributed by atoms with van der Waals surface area (Å²) in [6, 6.07) is -6.75. The molecule has 9 atom stereocenters. The Balaban J connectivity index is 0.829. The van der Waals surface area contributed by atoms with E-state index in [1.807, 2.05) is 0 Å². The fourth-order valence-electron chi connectivity index (χ4n) is 13.5. The summed E-state index contributed by atoms with van der Waals surface area (Å²) in [5, 5.41) is 3.37. The molecule has 0 N–H and O–H groups in total. The van der Waals surface area contributed by atoms with Crippen molar-refractivity contribution in [3.05, 3.63) is 10.4 Å². The van der Waals surface area contributed by atoms with Crippen LogP contribution in [0.2, 0.25) is 0 Å². The van der Waals surface area contributed by atoms with Crippen molar-refractivity contribution >= 4 is 58.9 Å². The van der Waals surface area contributed by atoms with Crippen molar-refractivity contribution in [3.63, 3.8) is 0 Å². The molecule has 0 aliphatic carbocycles. The second kappa shape index (κ2) is 20.9. The van der Waals surface area contributed by atoms with E-state index < -0.39 is 66.8 Å². The Morgan fingerprint density at radius 1 is 0.343 bits per heavy atom. The predicted molar refractivity (Wildman–Crippen MR) is 247 cm³/mol. The molecule has 0 aromatic carbocycles. The lowest BCUT2D eigenvalue weighted by atomic mass is 10.1. The maximum absolute atomic E-state index is 14.6. The number of ketones is 1. The van der Waals surface area contributed by atoms with Gasteiger partial charge in [0.05, 0.1) is 6.04 Å². The molecule has 22 nitrogen and oxygen atoms in total. The topological polar surface area (TPSA) is 249 Å². The van der Waals surface area contributed by atoms with Crippen LogP contribution in [0.15, 0.2) is 5.11 Å². The lowest BCUT2D eigenvalue weighted by Crippen LogP contribution is -2.59. The summed E-state index contributed by atoms with van der Waals surface area (Å²) in [7, 11) is 0. The van der Waals surface area contributed by atoms with Gasteiger partial charge >= 0.3 is 0 Å². The summed E-state index contributed by atoms with van der Waals surface area (Å²) in [4.78, 5) is 156. The lowest BCUT2D eigenvalue weighted by molar-refractivity contribution is -0.155. The van der Waals surface area contributed by atoms with Crippen LogP contribution < -0.4 is 0 Å². The van der Waals surface area contributed by atoms with Gasteiger partial charge in [-0.05, 0) is 128 Å². The van der Waals surface area contributed by atoms with Crippen molar-refractivity contribution in [2.45, 2.75) is 177 Å². The molecule has 9 heterocycles. The van der Waals surface area contributed by atoms with Crippen molar-refractivity contribution in [2.24, 2.45) is 5.11 Å². The van der Waals surface area contributed by atoms with Crippen LogP contribution in [0.1, 0.15) is 122 Å².